The quantitative estimate of drug-likeness (QED) is 0.339. The minimum absolute atomic E-state index is 0.0246. The molecule has 0 radical (unpaired) electrons. The average Bonchev–Trinajstić information content (AvgIpc) is 2.53. The van der Waals surface area contributed by atoms with Gasteiger partial charge in [0.05, 0.1) is 7.11 Å². The van der Waals surface area contributed by atoms with E-state index in [0.717, 1.165) is 5.56 Å². The molecule has 2 aromatic carbocycles. The van der Waals surface area contributed by atoms with Crippen molar-refractivity contribution in [2.24, 2.45) is 10.9 Å². The summed E-state index contributed by atoms with van der Waals surface area (Å²) in [7, 11) is 1.52. The number of rotatable bonds is 5. The standard InChI is InChI=1S/C15H16N2O4/c1-20-13-6-11(15(16)17-19)7-14(8-13)21-9-10-2-4-12(18)5-3-10/h2-8,18-19H,9H2,1H3,(H2,16,17). The number of methoxy groups -OCH3 is 1. The van der Waals surface area contributed by atoms with Gasteiger partial charge in [0.25, 0.3) is 0 Å². The molecule has 0 saturated carbocycles. The second-order valence-corrected chi connectivity index (χ2v) is 4.34. The molecule has 0 amide bonds. The van der Waals surface area contributed by atoms with Crippen LogP contribution in [0.3, 0.4) is 0 Å². The van der Waals surface area contributed by atoms with Crippen molar-refractivity contribution < 1.29 is 19.8 Å². The van der Waals surface area contributed by atoms with Crippen molar-refractivity contribution in [1.29, 1.82) is 0 Å². The molecule has 2 rings (SSSR count). The summed E-state index contributed by atoms with van der Waals surface area (Å²) in [5.41, 5.74) is 6.97. The van der Waals surface area contributed by atoms with Crippen LogP contribution in [0.15, 0.2) is 47.6 Å². The SMILES string of the molecule is COc1cc(OCc2ccc(O)cc2)cc(/C(N)=N/O)c1. The Morgan fingerprint density at radius 2 is 1.81 bits per heavy atom. The summed E-state index contributed by atoms with van der Waals surface area (Å²) in [4.78, 5) is 0. The lowest BCUT2D eigenvalue weighted by molar-refractivity contribution is 0.303. The highest BCUT2D eigenvalue weighted by Crippen LogP contribution is 2.23. The maximum absolute atomic E-state index is 9.23. The molecule has 0 aliphatic carbocycles. The Kier molecular flexibility index (Phi) is 4.50. The van der Waals surface area contributed by atoms with Crippen molar-refractivity contribution >= 4 is 5.84 Å². The minimum Gasteiger partial charge on any atom is -0.508 e. The maximum Gasteiger partial charge on any atom is 0.170 e. The summed E-state index contributed by atoms with van der Waals surface area (Å²) >= 11 is 0. The van der Waals surface area contributed by atoms with E-state index in [-0.39, 0.29) is 11.6 Å². The minimum atomic E-state index is -0.0246. The first-order chi connectivity index (χ1) is 10.1. The third-order valence-electron chi connectivity index (χ3n) is 2.86. The smallest absolute Gasteiger partial charge is 0.170 e. The van der Waals surface area contributed by atoms with Gasteiger partial charge in [-0.15, -0.1) is 0 Å². The summed E-state index contributed by atoms with van der Waals surface area (Å²) in [5.74, 6) is 1.25. The molecule has 110 valence electrons. The number of hydrogen-bond donors (Lipinski definition) is 3. The van der Waals surface area contributed by atoms with Crippen LogP contribution in [0.25, 0.3) is 0 Å². The van der Waals surface area contributed by atoms with Gasteiger partial charge in [0, 0.05) is 11.6 Å². The van der Waals surface area contributed by atoms with E-state index in [1.807, 2.05) is 0 Å². The molecule has 0 heterocycles. The van der Waals surface area contributed by atoms with E-state index in [0.29, 0.717) is 23.7 Å². The first kappa shape index (κ1) is 14.5. The Hall–Kier alpha value is -2.89. The number of nitrogens with zero attached hydrogens (tertiary/aromatic N) is 1. The van der Waals surface area contributed by atoms with Crippen molar-refractivity contribution in [2.75, 3.05) is 7.11 Å². The predicted octanol–water partition coefficient (Wildman–Crippen LogP) is 2.07. The van der Waals surface area contributed by atoms with E-state index in [9.17, 15) is 5.11 Å². The second-order valence-electron chi connectivity index (χ2n) is 4.34. The lowest BCUT2D eigenvalue weighted by Gasteiger charge is -2.10. The van der Waals surface area contributed by atoms with Gasteiger partial charge in [0.2, 0.25) is 0 Å². The van der Waals surface area contributed by atoms with Crippen LogP contribution in [0.4, 0.5) is 0 Å². The highest BCUT2D eigenvalue weighted by atomic mass is 16.5. The van der Waals surface area contributed by atoms with Gasteiger partial charge >= 0.3 is 0 Å². The van der Waals surface area contributed by atoms with Crippen LogP contribution in [0.5, 0.6) is 17.2 Å². The molecule has 0 aliphatic heterocycles. The van der Waals surface area contributed by atoms with Gasteiger partial charge in [-0.25, -0.2) is 0 Å². The highest BCUT2D eigenvalue weighted by Gasteiger charge is 2.06. The van der Waals surface area contributed by atoms with Gasteiger partial charge in [-0.05, 0) is 29.8 Å². The fourth-order valence-corrected chi connectivity index (χ4v) is 1.74. The van der Waals surface area contributed by atoms with Crippen LogP contribution in [0.1, 0.15) is 11.1 Å². The summed E-state index contributed by atoms with van der Waals surface area (Å²) in [6.07, 6.45) is 0. The second kappa shape index (κ2) is 6.51. The van der Waals surface area contributed by atoms with Gasteiger partial charge in [-0.1, -0.05) is 17.3 Å². The normalized spacial score (nSPS) is 11.2. The number of phenols is 1. The fourth-order valence-electron chi connectivity index (χ4n) is 1.74. The van der Waals surface area contributed by atoms with E-state index in [2.05, 4.69) is 5.16 Å². The van der Waals surface area contributed by atoms with Crippen LogP contribution in [0, 0.1) is 0 Å². The Bertz CT molecular complexity index is 639. The number of phenolic OH excluding ortho intramolecular Hbond substituents is 1. The van der Waals surface area contributed by atoms with Gasteiger partial charge in [0.1, 0.15) is 23.9 Å². The molecule has 21 heavy (non-hydrogen) atoms. The number of benzene rings is 2. The average molecular weight is 288 g/mol. The van der Waals surface area contributed by atoms with E-state index in [1.54, 1.807) is 42.5 Å². The molecule has 4 N–H and O–H groups in total. The molecule has 0 spiro atoms. The largest absolute Gasteiger partial charge is 0.508 e. The zero-order chi connectivity index (χ0) is 15.2. The Labute approximate surface area is 122 Å². The predicted molar refractivity (Wildman–Crippen MR) is 77.9 cm³/mol. The molecule has 0 atom stereocenters. The number of nitrogens with two attached hydrogens (primary N) is 1. The molecule has 2 aromatic rings. The number of aromatic hydroxyl groups is 1. The van der Waals surface area contributed by atoms with Gasteiger partial charge in [0.15, 0.2) is 5.84 Å². The molecule has 6 nitrogen and oxygen atoms in total. The van der Waals surface area contributed by atoms with Crippen molar-refractivity contribution in [3.8, 4) is 17.2 Å². The van der Waals surface area contributed by atoms with E-state index in [4.69, 9.17) is 20.4 Å². The maximum atomic E-state index is 9.23. The van der Waals surface area contributed by atoms with Crippen LogP contribution in [-0.2, 0) is 6.61 Å². The molecular weight excluding hydrogens is 272 g/mol. The molecular formula is C15H16N2O4. The molecule has 0 aliphatic rings. The van der Waals surface area contributed by atoms with Gasteiger partial charge in [-0.3, -0.25) is 0 Å². The number of ether oxygens (including phenoxy) is 2. The van der Waals surface area contributed by atoms with Crippen LogP contribution in [-0.4, -0.2) is 23.3 Å². The first-order valence-electron chi connectivity index (χ1n) is 6.20. The summed E-state index contributed by atoms with van der Waals surface area (Å²) in [6.45, 7) is 0.322. The van der Waals surface area contributed by atoms with E-state index in [1.165, 1.54) is 7.11 Å². The van der Waals surface area contributed by atoms with Crippen molar-refractivity contribution in [1.82, 2.24) is 0 Å². The monoisotopic (exact) mass is 288 g/mol. The molecule has 6 heteroatoms. The van der Waals surface area contributed by atoms with Crippen LogP contribution < -0.4 is 15.2 Å². The molecule has 0 fully saturated rings. The molecule has 0 saturated heterocycles. The number of amidine groups is 1. The van der Waals surface area contributed by atoms with Crippen molar-refractivity contribution in [3.63, 3.8) is 0 Å². The van der Waals surface area contributed by atoms with Gasteiger partial charge in [-0.2, -0.15) is 0 Å². The van der Waals surface area contributed by atoms with Crippen molar-refractivity contribution in [3.05, 3.63) is 53.6 Å². The van der Waals surface area contributed by atoms with Gasteiger partial charge < -0.3 is 25.5 Å². The summed E-state index contributed by atoms with van der Waals surface area (Å²) in [5, 5.41) is 20.9. The Morgan fingerprint density at radius 1 is 1.14 bits per heavy atom. The van der Waals surface area contributed by atoms with E-state index >= 15 is 0 Å². The lowest BCUT2D eigenvalue weighted by atomic mass is 10.2. The van der Waals surface area contributed by atoms with Crippen molar-refractivity contribution in [2.45, 2.75) is 6.61 Å². The highest BCUT2D eigenvalue weighted by molar-refractivity contribution is 5.97. The molecule has 0 bridgehead atoms. The third-order valence-corrected chi connectivity index (χ3v) is 2.86. The van der Waals surface area contributed by atoms with E-state index < -0.39 is 0 Å². The molecule has 0 unspecified atom stereocenters. The summed E-state index contributed by atoms with van der Waals surface area (Å²) in [6, 6.07) is 11.7. The fraction of sp³-hybridized carbons (Fsp3) is 0.133. The zero-order valence-electron chi connectivity index (χ0n) is 11.5. The zero-order valence-corrected chi connectivity index (χ0v) is 11.5. The Morgan fingerprint density at radius 3 is 2.43 bits per heavy atom. The Balaban J connectivity index is 2.17. The number of hydrogen-bond acceptors (Lipinski definition) is 5. The lowest BCUT2D eigenvalue weighted by Crippen LogP contribution is -2.13. The number of oxime groups is 1. The topological polar surface area (TPSA) is 97.3 Å². The first-order valence-corrected chi connectivity index (χ1v) is 6.20. The third kappa shape index (κ3) is 3.79. The van der Waals surface area contributed by atoms with Crippen LogP contribution in [0.2, 0.25) is 0 Å². The molecule has 0 aromatic heterocycles. The van der Waals surface area contributed by atoms with Crippen LogP contribution >= 0.6 is 0 Å². The summed E-state index contributed by atoms with van der Waals surface area (Å²) < 4.78 is 10.8.